The first-order valence-corrected chi connectivity index (χ1v) is 5.49. The van der Waals surface area contributed by atoms with E-state index in [9.17, 15) is 0 Å². The van der Waals surface area contributed by atoms with Crippen molar-refractivity contribution in [2.75, 3.05) is 32.8 Å². The molecule has 3 nitrogen and oxygen atoms in total. The summed E-state index contributed by atoms with van der Waals surface area (Å²) in [7, 11) is 0. The molecular weight excluding hydrogens is 188 g/mol. The highest BCUT2D eigenvalue weighted by Crippen LogP contribution is 2.21. The van der Waals surface area contributed by atoms with Crippen molar-refractivity contribution in [2.24, 2.45) is 5.73 Å². The predicted octanol–water partition coefficient (Wildman–Crippen LogP) is 1.02. The van der Waals surface area contributed by atoms with E-state index in [1.165, 1.54) is 5.56 Å². The zero-order valence-corrected chi connectivity index (χ0v) is 8.93. The second-order valence-corrected chi connectivity index (χ2v) is 3.86. The molecule has 0 bridgehead atoms. The zero-order valence-electron chi connectivity index (χ0n) is 8.93. The second-order valence-electron chi connectivity index (χ2n) is 3.86. The Labute approximate surface area is 90.8 Å². The molecule has 0 saturated carbocycles. The van der Waals surface area contributed by atoms with Gasteiger partial charge in [-0.3, -0.25) is 4.90 Å². The molecule has 0 radical (unpaired) electrons. The molecule has 1 atom stereocenters. The third-order valence-electron chi connectivity index (χ3n) is 2.77. The van der Waals surface area contributed by atoms with Crippen molar-refractivity contribution in [3.63, 3.8) is 0 Å². The minimum absolute atomic E-state index is 0.214. The Morgan fingerprint density at radius 1 is 1.33 bits per heavy atom. The van der Waals surface area contributed by atoms with Gasteiger partial charge in [-0.1, -0.05) is 30.3 Å². The van der Waals surface area contributed by atoms with Gasteiger partial charge in [-0.15, -0.1) is 0 Å². The van der Waals surface area contributed by atoms with E-state index in [-0.39, 0.29) is 6.10 Å². The summed E-state index contributed by atoms with van der Waals surface area (Å²) >= 11 is 0. The molecule has 1 aliphatic heterocycles. The number of hydrogen-bond acceptors (Lipinski definition) is 3. The lowest BCUT2D eigenvalue weighted by molar-refractivity contribution is -0.0288. The smallest absolute Gasteiger partial charge is 0.0952 e. The maximum absolute atomic E-state index is 5.76. The van der Waals surface area contributed by atoms with Crippen molar-refractivity contribution >= 4 is 0 Å². The van der Waals surface area contributed by atoms with Gasteiger partial charge < -0.3 is 10.5 Å². The van der Waals surface area contributed by atoms with E-state index in [4.69, 9.17) is 10.5 Å². The van der Waals surface area contributed by atoms with Crippen molar-refractivity contribution in [1.82, 2.24) is 4.90 Å². The summed E-state index contributed by atoms with van der Waals surface area (Å²) in [5, 5.41) is 0. The Hall–Kier alpha value is -0.900. The summed E-state index contributed by atoms with van der Waals surface area (Å²) in [6, 6.07) is 10.4. The lowest BCUT2D eigenvalue weighted by atomic mass is 10.1. The highest BCUT2D eigenvalue weighted by molar-refractivity contribution is 5.18. The molecule has 1 saturated heterocycles. The lowest BCUT2D eigenvalue weighted by Crippen LogP contribution is -2.40. The van der Waals surface area contributed by atoms with Crippen LogP contribution in [0.5, 0.6) is 0 Å². The molecule has 1 aromatic rings. The number of morpholine rings is 1. The molecular formula is C12H18N2O. The van der Waals surface area contributed by atoms with Crippen LogP contribution in [0.1, 0.15) is 11.7 Å². The van der Waals surface area contributed by atoms with Crippen LogP contribution in [-0.2, 0) is 4.74 Å². The van der Waals surface area contributed by atoms with E-state index >= 15 is 0 Å². The van der Waals surface area contributed by atoms with Crippen LogP contribution in [0.15, 0.2) is 30.3 Å². The molecule has 2 rings (SSSR count). The quantitative estimate of drug-likeness (QED) is 0.802. The van der Waals surface area contributed by atoms with Gasteiger partial charge in [0.2, 0.25) is 0 Å². The molecule has 1 heterocycles. The summed E-state index contributed by atoms with van der Waals surface area (Å²) < 4.78 is 5.76. The van der Waals surface area contributed by atoms with Gasteiger partial charge in [0, 0.05) is 26.2 Å². The van der Waals surface area contributed by atoms with Crippen LogP contribution in [-0.4, -0.2) is 37.7 Å². The highest BCUT2D eigenvalue weighted by Gasteiger charge is 2.20. The fourth-order valence-electron chi connectivity index (χ4n) is 1.96. The average Bonchev–Trinajstić information content (AvgIpc) is 2.31. The first-order chi connectivity index (χ1) is 7.40. The van der Waals surface area contributed by atoms with Gasteiger partial charge in [0.1, 0.15) is 0 Å². The Kier molecular flexibility index (Phi) is 3.72. The Balaban J connectivity index is 1.98. The van der Waals surface area contributed by atoms with Crippen LogP contribution in [0.25, 0.3) is 0 Å². The van der Waals surface area contributed by atoms with Gasteiger partial charge in [-0.25, -0.2) is 0 Å². The maximum Gasteiger partial charge on any atom is 0.0952 e. The van der Waals surface area contributed by atoms with E-state index in [1.54, 1.807) is 0 Å². The predicted molar refractivity (Wildman–Crippen MR) is 60.6 cm³/mol. The van der Waals surface area contributed by atoms with Crippen molar-refractivity contribution in [1.29, 1.82) is 0 Å². The molecule has 82 valence electrons. The summed E-state index contributed by atoms with van der Waals surface area (Å²) in [4.78, 5) is 2.36. The fourth-order valence-corrected chi connectivity index (χ4v) is 1.96. The van der Waals surface area contributed by atoms with Gasteiger partial charge in [-0.05, 0) is 5.56 Å². The number of rotatable bonds is 3. The van der Waals surface area contributed by atoms with Gasteiger partial charge in [0.05, 0.1) is 12.7 Å². The molecule has 0 aliphatic carbocycles. The van der Waals surface area contributed by atoms with Crippen LogP contribution in [0, 0.1) is 0 Å². The Bertz CT molecular complexity index is 287. The van der Waals surface area contributed by atoms with Crippen molar-refractivity contribution in [3.8, 4) is 0 Å². The molecule has 0 amide bonds. The van der Waals surface area contributed by atoms with Crippen LogP contribution >= 0.6 is 0 Å². The number of ether oxygens (including phenoxy) is 1. The molecule has 2 N–H and O–H groups in total. The molecule has 1 aliphatic rings. The first-order valence-electron chi connectivity index (χ1n) is 5.49. The Morgan fingerprint density at radius 2 is 2.13 bits per heavy atom. The molecule has 0 spiro atoms. The van der Waals surface area contributed by atoms with Crippen LogP contribution in [0.3, 0.4) is 0 Å². The first kappa shape index (κ1) is 10.6. The number of benzene rings is 1. The molecule has 1 fully saturated rings. The standard InChI is InChI=1S/C12H18N2O/c13-6-7-14-8-9-15-12(10-14)11-4-2-1-3-5-11/h1-5,12H,6-10,13H2/t12-/m0/s1. The maximum atomic E-state index is 5.76. The van der Waals surface area contributed by atoms with Crippen LogP contribution in [0.4, 0.5) is 0 Å². The normalized spacial score (nSPS) is 22.9. The SMILES string of the molecule is NCCN1CCO[C@H](c2ccccc2)C1. The molecule has 0 unspecified atom stereocenters. The summed E-state index contributed by atoms with van der Waals surface area (Å²) in [5.41, 5.74) is 6.82. The van der Waals surface area contributed by atoms with Gasteiger partial charge in [0.25, 0.3) is 0 Å². The number of nitrogens with two attached hydrogens (primary N) is 1. The third kappa shape index (κ3) is 2.78. The summed E-state index contributed by atoms with van der Waals surface area (Å²) in [5.74, 6) is 0. The van der Waals surface area contributed by atoms with E-state index in [0.29, 0.717) is 0 Å². The van der Waals surface area contributed by atoms with Gasteiger partial charge >= 0.3 is 0 Å². The third-order valence-corrected chi connectivity index (χ3v) is 2.77. The van der Waals surface area contributed by atoms with Crippen molar-refractivity contribution in [2.45, 2.75) is 6.10 Å². The topological polar surface area (TPSA) is 38.5 Å². The van der Waals surface area contributed by atoms with E-state index in [0.717, 1.165) is 32.8 Å². The van der Waals surface area contributed by atoms with Crippen LogP contribution < -0.4 is 5.73 Å². The fraction of sp³-hybridized carbons (Fsp3) is 0.500. The lowest BCUT2D eigenvalue weighted by Gasteiger charge is -2.32. The van der Waals surface area contributed by atoms with Crippen molar-refractivity contribution < 1.29 is 4.74 Å². The molecule has 1 aromatic carbocycles. The van der Waals surface area contributed by atoms with Crippen molar-refractivity contribution in [3.05, 3.63) is 35.9 Å². The monoisotopic (exact) mass is 206 g/mol. The molecule has 3 heteroatoms. The summed E-state index contributed by atoms with van der Waals surface area (Å²) in [6.45, 7) is 4.45. The molecule has 0 aromatic heterocycles. The largest absolute Gasteiger partial charge is 0.371 e. The second kappa shape index (κ2) is 5.26. The van der Waals surface area contributed by atoms with Gasteiger partial charge in [0.15, 0.2) is 0 Å². The summed E-state index contributed by atoms with van der Waals surface area (Å²) in [6.07, 6.45) is 0.214. The zero-order chi connectivity index (χ0) is 10.5. The minimum Gasteiger partial charge on any atom is -0.371 e. The van der Waals surface area contributed by atoms with Gasteiger partial charge in [-0.2, -0.15) is 0 Å². The van der Waals surface area contributed by atoms with E-state index in [2.05, 4.69) is 29.2 Å². The van der Waals surface area contributed by atoms with E-state index in [1.807, 2.05) is 6.07 Å². The van der Waals surface area contributed by atoms with E-state index < -0.39 is 0 Å². The number of hydrogen-bond donors (Lipinski definition) is 1. The van der Waals surface area contributed by atoms with Crippen LogP contribution in [0.2, 0.25) is 0 Å². The Morgan fingerprint density at radius 3 is 2.87 bits per heavy atom. The minimum atomic E-state index is 0.214. The average molecular weight is 206 g/mol. The molecule has 15 heavy (non-hydrogen) atoms. The number of nitrogens with zero attached hydrogens (tertiary/aromatic N) is 1. The highest BCUT2D eigenvalue weighted by atomic mass is 16.5.